The van der Waals surface area contributed by atoms with Crippen LogP contribution in [0, 0.1) is 0 Å². The van der Waals surface area contributed by atoms with E-state index in [0.717, 1.165) is 12.1 Å². The van der Waals surface area contributed by atoms with E-state index in [1.54, 1.807) is 0 Å². The monoisotopic (exact) mass is 384 g/mol. The zero-order valence-electron chi connectivity index (χ0n) is 13.0. The second-order valence-electron chi connectivity index (χ2n) is 5.68. The van der Waals surface area contributed by atoms with Crippen LogP contribution in [0.5, 0.6) is 0 Å². The van der Waals surface area contributed by atoms with Gasteiger partial charge in [0.25, 0.3) is 0 Å². The molecule has 0 fully saturated rings. The molecule has 1 aliphatic rings. The van der Waals surface area contributed by atoms with Crippen molar-refractivity contribution in [3.05, 3.63) is 35.4 Å². The first-order valence-corrected chi connectivity index (χ1v) is 7.25. The largest absolute Gasteiger partial charge is 0.442 e. The number of nitrogens with zero attached hydrogens (tertiary/aromatic N) is 2. The van der Waals surface area contributed by atoms with Gasteiger partial charge >= 0.3 is 18.0 Å². The summed E-state index contributed by atoms with van der Waals surface area (Å²) in [7, 11) is 0. The summed E-state index contributed by atoms with van der Waals surface area (Å²) in [4.78, 5) is 11.7. The molecular formula is C14H14F6N4O2. The molecule has 1 aromatic rings. The maximum Gasteiger partial charge on any atom is 0.442 e. The molecule has 0 bridgehead atoms. The van der Waals surface area contributed by atoms with Crippen LogP contribution in [0.3, 0.4) is 0 Å². The molecule has 0 saturated heterocycles. The number of amides is 1. The number of nitrogens with two attached hydrogens (primary N) is 1. The molecule has 6 nitrogen and oxygen atoms in total. The molecule has 12 heteroatoms. The minimum absolute atomic E-state index is 0.123. The van der Waals surface area contributed by atoms with Crippen molar-refractivity contribution in [2.24, 2.45) is 16.0 Å². The van der Waals surface area contributed by atoms with Crippen molar-refractivity contribution in [2.75, 3.05) is 6.54 Å². The first-order chi connectivity index (χ1) is 11.9. The number of hydrogen-bond acceptors (Lipinski definition) is 5. The topological polar surface area (TPSA) is 100 Å². The second-order valence-corrected chi connectivity index (χ2v) is 5.68. The van der Waals surface area contributed by atoms with Gasteiger partial charge < -0.3 is 16.2 Å². The number of nitrogens with one attached hydrogen (secondary N) is 1. The normalized spacial score (nSPS) is 18.3. The van der Waals surface area contributed by atoms with Crippen LogP contribution in [-0.2, 0) is 16.9 Å². The van der Waals surface area contributed by atoms with Gasteiger partial charge in [-0.3, -0.25) is 4.79 Å². The molecule has 144 valence electrons. The third kappa shape index (κ3) is 4.30. The Labute approximate surface area is 143 Å². The molecule has 26 heavy (non-hydrogen) atoms. The zero-order chi connectivity index (χ0) is 19.8. The Morgan fingerprint density at radius 3 is 2.12 bits per heavy atom. The lowest BCUT2D eigenvalue weighted by atomic mass is 9.98. The van der Waals surface area contributed by atoms with E-state index in [1.807, 2.05) is 5.32 Å². The number of aliphatic hydroxyl groups excluding tert-OH is 1. The van der Waals surface area contributed by atoms with E-state index >= 15 is 0 Å². The van der Waals surface area contributed by atoms with Crippen molar-refractivity contribution < 1.29 is 36.2 Å². The molecule has 0 aromatic heterocycles. The van der Waals surface area contributed by atoms with Crippen molar-refractivity contribution in [3.63, 3.8) is 0 Å². The molecule has 1 heterocycles. The van der Waals surface area contributed by atoms with Gasteiger partial charge in [-0.05, 0) is 12.0 Å². The minimum Gasteiger partial charge on any atom is -0.382 e. The van der Waals surface area contributed by atoms with Gasteiger partial charge in [-0.15, -0.1) is 10.2 Å². The summed E-state index contributed by atoms with van der Waals surface area (Å²) in [5.41, 5.74) is 3.20. The molecule has 0 radical (unpaired) electrons. The number of alkyl halides is 6. The van der Waals surface area contributed by atoms with Gasteiger partial charge in [0.2, 0.25) is 5.91 Å². The van der Waals surface area contributed by atoms with Crippen LogP contribution in [0.1, 0.15) is 11.1 Å². The lowest BCUT2D eigenvalue weighted by molar-refractivity contribution is -0.201. The molecule has 1 amide bonds. The quantitative estimate of drug-likeness (QED) is 0.652. The standard InChI is InChI=1S/C14H14F6N4O2/c15-13(16,17)10(25)6-22-11(26)9(21)5-7-1-3-8(4-2-7)12(23-24-12)14(18,19)20/h1-4,9-10,25H,5-6,21H2,(H,22,26). The molecule has 1 aliphatic heterocycles. The van der Waals surface area contributed by atoms with Gasteiger partial charge in [0.05, 0.1) is 12.6 Å². The van der Waals surface area contributed by atoms with Crippen LogP contribution >= 0.6 is 0 Å². The zero-order valence-corrected chi connectivity index (χ0v) is 13.0. The highest BCUT2D eigenvalue weighted by Crippen LogP contribution is 2.52. The first kappa shape index (κ1) is 20.1. The molecule has 4 N–H and O–H groups in total. The second kappa shape index (κ2) is 6.83. The van der Waals surface area contributed by atoms with Gasteiger partial charge in [0.1, 0.15) is 0 Å². The van der Waals surface area contributed by atoms with Gasteiger partial charge in [0.15, 0.2) is 6.10 Å². The smallest absolute Gasteiger partial charge is 0.382 e. The summed E-state index contributed by atoms with van der Waals surface area (Å²) in [6.07, 6.45) is -12.4. The molecule has 1 aromatic carbocycles. The fourth-order valence-corrected chi connectivity index (χ4v) is 2.11. The van der Waals surface area contributed by atoms with Crippen LogP contribution in [0.25, 0.3) is 0 Å². The summed E-state index contributed by atoms with van der Waals surface area (Å²) >= 11 is 0. The maximum absolute atomic E-state index is 12.9. The summed E-state index contributed by atoms with van der Waals surface area (Å²) in [6.45, 7) is -1.05. The predicted octanol–water partition coefficient (Wildman–Crippen LogP) is 1.78. The fourth-order valence-electron chi connectivity index (χ4n) is 2.11. The van der Waals surface area contributed by atoms with E-state index < -0.39 is 42.6 Å². The predicted molar refractivity (Wildman–Crippen MR) is 75.8 cm³/mol. The third-order valence-electron chi connectivity index (χ3n) is 3.69. The van der Waals surface area contributed by atoms with Crippen LogP contribution < -0.4 is 11.1 Å². The van der Waals surface area contributed by atoms with E-state index in [-0.39, 0.29) is 12.0 Å². The third-order valence-corrected chi connectivity index (χ3v) is 3.69. The molecule has 2 unspecified atom stereocenters. The summed E-state index contributed by atoms with van der Waals surface area (Å²) in [5, 5.41) is 16.8. The van der Waals surface area contributed by atoms with Gasteiger partial charge in [0, 0.05) is 5.56 Å². The molecule has 2 atom stereocenters. The Balaban J connectivity index is 1.92. The fraction of sp³-hybridized carbons (Fsp3) is 0.500. The van der Waals surface area contributed by atoms with E-state index in [4.69, 9.17) is 10.8 Å². The number of rotatable bonds is 6. The molecule has 0 aliphatic carbocycles. The highest BCUT2D eigenvalue weighted by molar-refractivity contribution is 5.81. The number of carbonyl (C=O) groups is 1. The van der Waals surface area contributed by atoms with Crippen molar-refractivity contribution in [1.82, 2.24) is 5.32 Å². The van der Waals surface area contributed by atoms with Crippen LogP contribution in [0.2, 0.25) is 0 Å². The van der Waals surface area contributed by atoms with Crippen molar-refractivity contribution in [3.8, 4) is 0 Å². The van der Waals surface area contributed by atoms with Crippen molar-refractivity contribution in [1.29, 1.82) is 0 Å². The Hall–Kier alpha value is -2.21. The Bertz CT molecular complexity index is 680. The van der Waals surface area contributed by atoms with E-state index in [2.05, 4.69) is 10.2 Å². The molecular weight excluding hydrogens is 370 g/mol. The van der Waals surface area contributed by atoms with Gasteiger partial charge in [-0.2, -0.15) is 26.3 Å². The number of carbonyl (C=O) groups excluding carboxylic acids is 1. The Morgan fingerprint density at radius 1 is 1.15 bits per heavy atom. The molecule has 2 rings (SSSR count). The average molecular weight is 384 g/mol. The van der Waals surface area contributed by atoms with Crippen molar-refractivity contribution >= 4 is 5.91 Å². The first-order valence-electron chi connectivity index (χ1n) is 7.25. The summed E-state index contributed by atoms with van der Waals surface area (Å²) < 4.78 is 75.0. The van der Waals surface area contributed by atoms with Gasteiger partial charge in [-0.1, -0.05) is 24.3 Å². The maximum atomic E-state index is 12.9. The highest BCUT2D eigenvalue weighted by atomic mass is 19.4. The van der Waals surface area contributed by atoms with Crippen molar-refractivity contribution in [2.45, 2.75) is 36.6 Å². The number of aliphatic hydroxyl groups is 1. The number of hydrogen-bond donors (Lipinski definition) is 3. The summed E-state index contributed by atoms with van der Waals surface area (Å²) in [5.74, 6) is -0.934. The van der Waals surface area contributed by atoms with Crippen LogP contribution in [0.15, 0.2) is 34.5 Å². The molecule has 0 saturated carbocycles. The van der Waals surface area contributed by atoms with Crippen LogP contribution in [-0.4, -0.2) is 42.1 Å². The lowest BCUT2D eigenvalue weighted by Crippen LogP contribution is -2.47. The van der Waals surface area contributed by atoms with Gasteiger partial charge in [-0.25, -0.2) is 0 Å². The van der Waals surface area contributed by atoms with E-state index in [9.17, 15) is 31.1 Å². The lowest BCUT2D eigenvalue weighted by Gasteiger charge is -2.18. The minimum atomic E-state index is -4.87. The van der Waals surface area contributed by atoms with E-state index in [0.29, 0.717) is 5.56 Å². The Kier molecular flexibility index (Phi) is 5.29. The Morgan fingerprint density at radius 2 is 1.69 bits per heavy atom. The highest BCUT2D eigenvalue weighted by Gasteiger charge is 2.65. The SMILES string of the molecule is NC(Cc1ccc(C2(C(F)(F)F)N=N2)cc1)C(=O)NCC(O)C(F)(F)F. The number of halogens is 6. The van der Waals surface area contributed by atoms with Crippen LogP contribution in [0.4, 0.5) is 26.3 Å². The number of benzene rings is 1. The molecule has 0 spiro atoms. The van der Waals surface area contributed by atoms with E-state index in [1.165, 1.54) is 12.1 Å². The average Bonchev–Trinajstić information content (AvgIpc) is 3.33. The summed E-state index contributed by atoms with van der Waals surface area (Å²) in [6, 6.07) is 3.63.